The lowest BCUT2D eigenvalue weighted by atomic mass is 10.2. The Morgan fingerprint density at radius 1 is 1.33 bits per heavy atom. The van der Waals surface area contributed by atoms with Gasteiger partial charge in [0, 0.05) is 10.0 Å². The van der Waals surface area contributed by atoms with Crippen LogP contribution in [0.25, 0.3) is 6.08 Å². The third-order valence-corrected chi connectivity index (χ3v) is 2.15. The Hall–Kier alpha value is -0.960. The van der Waals surface area contributed by atoms with Gasteiger partial charge in [-0.05, 0) is 18.2 Å². The minimum atomic E-state index is 0.673. The van der Waals surface area contributed by atoms with Crippen molar-refractivity contribution in [2.75, 3.05) is 6.54 Å². The molecule has 1 aromatic carbocycles. The Labute approximate surface area is 79.1 Å². The molecule has 0 aliphatic carbocycles. The van der Waals surface area contributed by atoms with Gasteiger partial charge in [0.15, 0.2) is 0 Å². The Balaban J connectivity index is 2.58. The number of fused-ring (bicyclic) bond motifs is 1. The highest BCUT2D eigenvalue weighted by molar-refractivity contribution is 9.10. The van der Waals surface area contributed by atoms with Crippen molar-refractivity contribution in [3.8, 4) is 0 Å². The molecule has 3 heteroatoms. The van der Waals surface area contributed by atoms with Crippen molar-refractivity contribution < 1.29 is 0 Å². The normalized spacial score (nSPS) is 14.1. The summed E-state index contributed by atoms with van der Waals surface area (Å²) in [7, 11) is 0. The van der Waals surface area contributed by atoms with E-state index < -0.39 is 0 Å². The van der Waals surface area contributed by atoms with Gasteiger partial charge in [0.1, 0.15) is 0 Å². The summed E-state index contributed by atoms with van der Waals surface area (Å²) in [6, 6.07) is 5.96. The first-order valence-corrected chi connectivity index (χ1v) is 4.49. The minimum Gasteiger partial charge on any atom is -0.184 e. The van der Waals surface area contributed by atoms with Gasteiger partial charge in [0.25, 0.3) is 0 Å². The Kier molecular flexibility index (Phi) is 2.04. The number of hydrogen-bond donors (Lipinski definition) is 0. The summed E-state index contributed by atoms with van der Waals surface area (Å²) >= 11 is 3.41. The van der Waals surface area contributed by atoms with Crippen LogP contribution in [0, 0.1) is 0 Å². The first kappa shape index (κ1) is 7.68. The summed E-state index contributed by atoms with van der Waals surface area (Å²) in [6.45, 7) is 0.673. The number of benzene rings is 1. The predicted molar refractivity (Wildman–Crippen MR) is 52.6 cm³/mol. The van der Waals surface area contributed by atoms with E-state index in [2.05, 4.69) is 26.2 Å². The van der Waals surface area contributed by atoms with Crippen LogP contribution in [0.15, 0.2) is 39.0 Å². The predicted octanol–water partition coefficient (Wildman–Crippen LogP) is 3.56. The van der Waals surface area contributed by atoms with Gasteiger partial charge in [-0.15, -0.1) is 0 Å². The first-order chi connectivity index (χ1) is 5.86. The number of nitrogens with zero attached hydrogens (tertiary/aromatic N) is 2. The summed E-state index contributed by atoms with van der Waals surface area (Å²) in [5.74, 6) is 0. The molecule has 0 saturated carbocycles. The molecule has 60 valence electrons. The standard InChI is InChI=1S/C9H7BrN2/c10-8-3-4-9-7(6-8)2-1-5-11-12-9/h1-4,6H,5H2. The molecule has 1 aromatic rings. The monoisotopic (exact) mass is 222 g/mol. The second-order valence-corrected chi connectivity index (χ2v) is 3.45. The molecule has 0 aromatic heterocycles. The first-order valence-electron chi connectivity index (χ1n) is 3.70. The molecule has 0 unspecified atom stereocenters. The highest BCUT2D eigenvalue weighted by Gasteiger charge is 2.00. The lowest BCUT2D eigenvalue weighted by molar-refractivity contribution is 1.08. The fourth-order valence-electron chi connectivity index (χ4n) is 1.09. The molecule has 2 rings (SSSR count). The second kappa shape index (κ2) is 3.19. The molecule has 12 heavy (non-hydrogen) atoms. The van der Waals surface area contributed by atoms with Crippen molar-refractivity contribution in [2.45, 2.75) is 0 Å². The van der Waals surface area contributed by atoms with Crippen LogP contribution in [0.2, 0.25) is 0 Å². The van der Waals surface area contributed by atoms with Crippen LogP contribution in [0.5, 0.6) is 0 Å². The number of halogens is 1. The molecule has 0 fully saturated rings. The SMILES string of the molecule is Brc1ccc2c(c1)C=CCN=N2. The zero-order valence-corrected chi connectivity index (χ0v) is 7.95. The van der Waals surface area contributed by atoms with E-state index in [1.807, 2.05) is 30.4 Å². The minimum absolute atomic E-state index is 0.673. The fourth-order valence-corrected chi connectivity index (χ4v) is 1.47. The molecule has 1 aliphatic rings. The number of azo groups is 1. The van der Waals surface area contributed by atoms with Crippen molar-refractivity contribution >= 4 is 27.7 Å². The maximum absolute atomic E-state index is 4.07. The molecule has 0 bridgehead atoms. The van der Waals surface area contributed by atoms with Gasteiger partial charge in [0.05, 0.1) is 12.2 Å². The Bertz CT molecular complexity index is 356. The van der Waals surface area contributed by atoms with Crippen LogP contribution < -0.4 is 0 Å². The van der Waals surface area contributed by atoms with Gasteiger partial charge >= 0.3 is 0 Å². The molecular formula is C9H7BrN2. The van der Waals surface area contributed by atoms with Crippen LogP contribution in [-0.4, -0.2) is 6.54 Å². The van der Waals surface area contributed by atoms with E-state index in [0.717, 1.165) is 15.7 Å². The van der Waals surface area contributed by atoms with Crippen molar-refractivity contribution in [3.05, 3.63) is 34.3 Å². The Morgan fingerprint density at radius 2 is 2.25 bits per heavy atom. The average Bonchev–Trinajstić information content (AvgIpc) is 2.28. The molecule has 0 atom stereocenters. The second-order valence-electron chi connectivity index (χ2n) is 2.53. The number of rotatable bonds is 0. The van der Waals surface area contributed by atoms with Crippen LogP contribution >= 0.6 is 15.9 Å². The van der Waals surface area contributed by atoms with Crippen LogP contribution in [-0.2, 0) is 0 Å². The van der Waals surface area contributed by atoms with Crippen molar-refractivity contribution in [1.29, 1.82) is 0 Å². The van der Waals surface area contributed by atoms with Crippen molar-refractivity contribution in [3.63, 3.8) is 0 Å². The van der Waals surface area contributed by atoms with Gasteiger partial charge in [-0.25, -0.2) is 0 Å². The van der Waals surface area contributed by atoms with Gasteiger partial charge in [-0.2, -0.15) is 10.2 Å². The lowest BCUT2D eigenvalue weighted by Gasteiger charge is -1.97. The lowest BCUT2D eigenvalue weighted by Crippen LogP contribution is -1.72. The maximum Gasteiger partial charge on any atom is 0.0925 e. The van der Waals surface area contributed by atoms with Crippen LogP contribution in [0.4, 0.5) is 5.69 Å². The van der Waals surface area contributed by atoms with E-state index in [4.69, 9.17) is 0 Å². The number of hydrogen-bond acceptors (Lipinski definition) is 2. The smallest absolute Gasteiger partial charge is 0.0925 e. The van der Waals surface area contributed by atoms with Crippen molar-refractivity contribution in [2.24, 2.45) is 10.2 Å². The maximum atomic E-state index is 4.07. The zero-order chi connectivity index (χ0) is 8.39. The molecule has 1 aliphatic heterocycles. The van der Waals surface area contributed by atoms with Gasteiger partial charge in [-0.1, -0.05) is 28.1 Å². The third-order valence-electron chi connectivity index (χ3n) is 1.65. The molecular weight excluding hydrogens is 216 g/mol. The largest absolute Gasteiger partial charge is 0.184 e. The molecule has 0 N–H and O–H groups in total. The topological polar surface area (TPSA) is 24.7 Å². The summed E-state index contributed by atoms with van der Waals surface area (Å²) in [4.78, 5) is 0. The van der Waals surface area contributed by atoms with Crippen molar-refractivity contribution in [1.82, 2.24) is 0 Å². The summed E-state index contributed by atoms with van der Waals surface area (Å²) < 4.78 is 1.07. The molecule has 0 saturated heterocycles. The van der Waals surface area contributed by atoms with E-state index in [1.54, 1.807) is 0 Å². The average molecular weight is 223 g/mol. The summed E-state index contributed by atoms with van der Waals surface area (Å²) in [5.41, 5.74) is 2.05. The van der Waals surface area contributed by atoms with Gasteiger partial charge in [0.2, 0.25) is 0 Å². The van der Waals surface area contributed by atoms with E-state index in [1.165, 1.54) is 0 Å². The third kappa shape index (κ3) is 1.46. The summed E-state index contributed by atoms with van der Waals surface area (Å²) in [5, 5.41) is 8.03. The highest BCUT2D eigenvalue weighted by atomic mass is 79.9. The Morgan fingerprint density at radius 3 is 3.17 bits per heavy atom. The van der Waals surface area contributed by atoms with E-state index in [0.29, 0.717) is 6.54 Å². The molecule has 2 nitrogen and oxygen atoms in total. The zero-order valence-electron chi connectivity index (χ0n) is 6.37. The molecule has 1 heterocycles. The fraction of sp³-hybridized carbons (Fsp3) is 0.111. The summed E-state index contributed by atoms with van der Waals surface area (Å²) in [6.07, 6.45) is 4.04. The molecule has 0 amide bonds. The van der Waals surface area contributed by atoms with Crippen LogP contribution in [0.1, 0.15) is 5.56 Å². The van der Waals surface area contributed by atoms with Gasteiger partial charge < -0.3 is 0 Å². The molecule has 0 spiro atoms. The molecule has 0 radical (unpaired) electrons. The quantitative estimate of drug-likeness (QED) is 0.642. The van der Waals surface area contributed by atoms with Crippen LogP contribution in [0.3, 0.4) is 0 Å². The van der Waals surface area contributed by atoms with E-state index >= 15 is 0 Å². The van der Waals surface area contributed by atoms with E-state index in [-0.39, 0.29) is 0 Å². The van der Waals surface area contributed by atoms with E-state index in [9.17, 15) is 0 Å². The van der Waals surface area contributed by atoms with Gasteiger partial charge in [-0.3, -0.25) is 0 Å². The highest BCUT2D eigenvalue weighted by Crippen LogP contribution is 2.26.